The molecular formula is C10H16N2O5. The Morgan fingerprint density at radius 3 is 2.35 bits per heavy atom. The van der Waals surface area contributed by atoms with E-state index in [0.29, 0.717) is 6.61 Å². The first-order valence-electron chi connectivity index (χ1n) is 5.13. The largest absolute Gasteiger partial charge is 0.502 e. The molecule has 0 aliphatic rings. The Morgan fingerprint density at radius 2 is 1.76 bits per heavy atom. The predicted octanol–water partition coefficient (Wildman–Crippen LogP) is -0.992. The predicted molar refractivity (Wildman–Crippen MR) is 60.4 cm³/mol. The van der Waals surface area contributed by atoms with Crippen molar-refractivity contribution in [2.75, 3.05) is 27.4 Å². The molecule has 7 nitrogen and oxygen atoms in total. The van der Waals surface area contributed by atoms with Crippen molar-refractivity contribution >= 4 is 0 Å². The van der Waals surface area contributed by atoms with Gasteiger partial charge in [0.25, 0.3) is 5.56 Å². The zero-order valence-corrected chi connectivity index (χ0v) is 9.88. The molecule has 0 radical (unpaired) electrons. The van der Waals surface area contributed by atoms with Crippen LogP contribution in [0.25, 0.3) is 0 Å². The van der Waals surface area contributed by atoms with Gasteiger partial charge in [-0.2, -0.15) is 0 Å². The number of hydrogen-bond acceptors (Lipinski definition) is 5. The van der Waals surface area contributed by atoms with E-state index in [1.165, 1.54) is 18.8 Å². The smallest absolute Gasteiger partial charge is 0.331 e. The number of rotatable bonds is 6. The lowest BCUT2D eigenvalue weighted by molar-refractivity contribution is 0.177. The first kappa shape index (κ1) is 13.5. The molecule has 1 heterocycles. The van der Waals surface area contributed by atoms with Gasteiger partial charge in [-0.25, -0.2) is 4.79 Å². The molecule has 0 amide bonds. The minimum atomic E-state index is -0.708. The maximum atomic E-state index is 11.9. The Labute approximate surface area is 97.8 Å². The monoisotopic (exact) mass is 244 g/mol. The lowest BCUT2D eigenvalue weighted by atomic mass is 10.5. The van der Waals surface area contributed by atoms with E-state index in [1.807, 2.05) is 0 Å². The summed E-state index contributed by atoms with van der Waals surface area (Å²) in [6, 6.07) is 0. The molecule has 0 fully saturated rings. The number of aromatic nitrogens is 2. The Morgan fingerprint density at radius 1 is 1.18 bits per heavy atom. The van der Waals surface area contributed by atoms with Crippen LogP contribution in [0.15, 0.2) is 15.8 Å². The lowest BCUT2D eigenvalue weighted by Gasteiger charge is -2.10. The highest BCUT2D eigenvalue weighted by atomic mass is 16.5. The van der Waals surface area contributed by atoms with Crippen LogP contribution in [0, 0.1) is 0 Å². The van der Waals surface area contributed by atoms with Crippen molar-refractivity contribution in [2.24, 2.45) is 0 Å². The molecule has 7 heteroatoms. The van der Waals surface area contributed by atoms with Crippen LogP contribution >= 0.6 is 0 Å². The number of ether oxygens (including phenoxy) is 2. The molecule has 0 bridgehead atoms. The maximum absolute atomic E-state index is 11.9. The quantitative estimate of drug-likeness (QED) is 0.694. The fourth-order valence-electron chi connectivity index (χ4n) is 1.37. The van der Waals surface area contributed by atoms with Gasteiger partial charge in [-0.1, -0.05) is 0 Å². The maximum Gasteiger partial charge on any atom is 0.331 e. The summed E-state index contributed by atoms with van der Waals surface area (Å²) >= 11 is 0. The van der Waals surface area contributed by atoms with Crippen LogP contribution in [0.1, 0.15) is 0 Å². The van der Waals surface area contributed by atoms with Crippen LogP contribution in [0.5, 0.6) is 5.75 Å². The van der Waals surface area contributed by atoms with Gasteiger partial charge in [0, 0.05) is 14.2 Å². The second kappa shape index (κ2) is 6.21. The summed E-state index contributed by atoms with van der Waals surface area (Å²) in [6.45, 7) is 0.927. The van der Waals surface area contributed by atoms with Gasteiger partial charge in [-0.15, -0.1) is 0 Å². The Kier molecular flexibility index (Phi) is 4.92. The first-order chi connectivity index (χ1) is 8.11. The SMILES string of the molecule is COCCn1cc(O)c(=O)n(CCOC)c1=O. The zero-order chi connectivity index (χ0) is 12.8. The summed E-state index contributed by atoms with van der Waals surface area (Å²) < 4.78 is 11.8. The van der Waals surface area contributed by atoms with Crippen LogP contribution < -0.4 is 11.2 Å². The molecular weight excluding hydrogens is 228 g/mol. The van der Waals surface area contributed by atoms with Gasteiger partial charge in [0.1, 0.15) is 0 Å². The van der Waals surface area contributed by atoms with Crippen LogP contribution in [0.2, 0.25) is 0 Å². The van der Waals surface area contributed by atoms with Crippen molar-refractivity contribution in [1.29, 1.82) is 0 Å². The third kappa shape index (κ3) is 3.18. The second-order valence-corrected chi connectivity index (χ2v) is 3.43. The average molecular weight is 244 g/mol. The van der Waals surface area contributed by atoms with Gasteiger partial charge in [-0.3, -0.25) is 13.9 Å². The molecule has 0 aromatic carbocycles. The molecule has 1 aromatic rings. The van der Waals surface area contributed by atoms with Gasteiger partial charge >= 0.3 is 5.69 Å². The molecule has 0 aliphatic carbocycles. The van der Waals surface area contributed by atoms with Gasteiger partial charge < -0.3 is 14.6 Å². The van der Waals surface area contributed by atoms with Crippen LogP contribution in [0.4, 0.5) is 0 Å². The fraction of sp³-hybridized carbons (Fsp3) is 0.600. The second-order valence-electron chi connectivity index (χ2n) is 3.43. The molecule has 1 rings (SSSR count). The molecule has 0 saturated heterocycles. The molecule has 0 saturated carbocycles. The van der Waals surface area contributed by atoms with Gasteiger partial charge in [0.2, 0.25) is 0 Å². The Bertz CT molecular complexity index is 477. The van der Waals surface area contributed by atoms with E-state index in [1.54, 1.807) is 0 Å². The summed E-state index contributed by atoms with van der Waals surface area (Å²) in [5.41, 5.74) is -1.19. The first-order valence-corrected chi connectivity index (χ1v) is 5.13. The molecule has 1 N–H and O–H groups in total. The van der Waals surface area contributed by atoms with E-state index in [4.69, 9.17) is 9.47 Å². The molecule has 0 atom stereocenters. The van der Waals surface area contributed by atoms with Crippen molar-refractivity contribution in [3.05, 3.63) is 27.0 Å². The highest BCUT2D eigenvalue weighted by Gasteiger charge is 2.09. The third-order valence-electron chi connectivity index (χ3n) is 2.27. The van der Waals surface area contributed by atoms with Gasteiger partial charge in [-0.05, 0) is 0 Å². The van der Waals surface area contributed by atoms with Crippen molar-refractivity contribution in [1.82, 2.24) is 9.13 Å². The van der Waals surface area contributed by atoms with Crippen molar-refractivity contribution < 1.29 is 14.6 Å². The molecule has 0 aliphatic heterocycles. The summed E-state index contributed by atoms with van der Waals surface area (Å²) in [5, 5.41) is 9.43. The summed E-state index contributed by atoms with van der Waals surface area (Å²) in [6.07, 6.45) is 1.12. The van der Waals surface area contributed by atoms with E-state index in [2.05, 4.69) is 0 Å². The minimum Gasteiger partial charge on any atom is -0.502 e. The zero-order valence-electron chi connectivity index (χ0n) is 9.88. The minimum absolute atomic E-state index is 0.107. The number of hydrogen-bond donors (Lipinski definition) is 1. The van der Waals surface area contributed by atoms with Crippen molar-refractivity contribution in [3.8, 4) is 5.75 Å². The highest BCUT2D eigenvalue weighted by Crippen LogP contribution is 1.96. The van der Waals surface area contributed by atoms with Crippen LogP contribution in [-0.2, 0) is 22.6 Å². The van der Waals surface area contributed by atoms with E-state index in [0.717, 1.165) is 10.8 Å². The van der Waals surface area contributed by atoms with Crippen LogP contribution in [-0.4, -0.2) is 41.7 Å². The van der Waals surface area contributed by atoms with Gasteiger partial charge in [0.15, 0.2) is 5.75 Å². The third-order valence-corrected chi connectivity index (χ3v) is 2.27. The number of methoxy groups -OCH3 is 2. The molecule has 0 unspecified atom stereocenters. The number of aromatic hydroxyl groups is 1. The van der Waals surface area contributed by atoms with E-state index < -0.39 is 17.0 Å². The van der Waals surface area contributed by atoms with Crippen molar-refractivity contribution in [2.45, 2.75) is 13.1 Å². The van der Waals surface area contributed by atoms with E-state index >= 15 is 0 Å². The van der Waals surface area contributed by atoms with E-state index in [9.17, 15) is 14.7 Å². The highest BCUT2D eigenvalue weighted by molar-refractivity contribution is 5.10. The average Bonchev–Trinajstić information content (AvgIpc) is 2.32. The Hall–Kier alpha value is -1.60. The molecule has 96 valence electrons. The van der Waals surface area contributed by atoms with Gasteiger partial charge in [0.05, 0.1) is 32.5 Å². The van der Waals surface area contributed by atoms with Crippen LogP contribution in [0.3, 0.4) is 0 Å². The summed E-state index contributed by atoms with van der Waals surface area (Å²) in [7, 11) is 2.98. The van der Waals surface area contributed by atoms with Crippen molar-refractivity contribution in [3.63, 3.8) is 0 Å². The number of nitrogens with zero attached hydrogens (tertiary/aromatic N) is 2. The molecule has 1 aromatic heterocycles. The topological polar surface area (TPSA) is 82.7 Å². The fourth-order valence-corrected chi connectivity index (χ4v) is 1.37. The Balaban J connectivity index is 3.13. The normalized spacial score (nSPS) is 10.7. The lowest BCUT2D eigenvalue weighted by Crippen LogP contribution is -2.40. The summed E-state index contributed by atoms with van der Waals surface area (Å²) in [4.78, 5) is 23.4. The molecule has 17 heavy (non-hydrogen) atoms. The standard InChI is InChI=1S/C10H16N2O5/c1-16-5-3-11-7-8(13)9(14)12(10(11)15)4-6-17-2/h7,13H,3-6H2,1-2H3. The van der Waals surface area contributed by atoms with E-state index in [-0.39, 0.29) is 19.7 Å². The molecule has 0 spiro atoms. The summed E-state index contributed by atoms with van der Waals surface area (Å²) in [5.74, 6) is -0.461.